The van der Waals surface area contributed by atoms with Crippen molar-refractivity contribution in [2.45, 2.75) is 32.6 Å². The van der Waals surface area contributed by atoms with Crippen LogP contribution in [0, 0.1) is 0 Å². The number of hydrogen-bond donors (Lipinski definition) is 0. The van der Waals surface area contributed by atoms with Crippen LogP contribution in [0.4, 0.5) is 0 Å². The first-order valence-electron chi connectivity index (χ1n) is 7.22. The molecule has 1 aliphatic heterocycles. The minimum Gasteiger partial charge on any atom is -0.494 e. The quantitative estimate of drug-likeness (QED) is 0.558. The lowest BCUT2D eigenvalue weighted by Crippen LogP contribution is -2.20. The Morgan fingerprint density at radius 3 is 2.47 bits per heavy atom. The van der Waals surface area contributed by atoms with Crippen LogP contribution in [-0.2, 0) is 0 Å². The van der Waals surface area contributed by atoms with Crippen LogP contribution in [0.5, 0.6) is 5.75 Å². The third-order valence-electron chi connectivity index (χ3n) is 3.60. The number of hydrogen-bond acceptors (Lipinski definition) is 3. The molecule has 1 aromatic rings. The molecule has 1 fully saturated rings. The van der Waals surface area contributed by atoms with E-state index in [2.05, 4.69) is 4.90 Å². The minimum absolute atomic E-state index is 0.0946. The first-order valence-corrected chi connectivity index (χ1v) is 7.22. The summed E-state index contributed by atoms with van der Waals surface area (Å²) in [5.41, 5.74) is 0.737. The summed E-state index contributed by atoms with van der Waals surface area (Å²) in [6.07, 6.45) is 5.01. The summed E-state index contributed by atoms with van der Waals surface area (Å²) in [5, 5.41) is 0. The van der Waals surface area contributed by atoms with Crippen LogP contribution < -0.4 is 4.74 Å². The predicted molar refractivity (Wildman–Crippen MR) is 76.8 cm³/mol. The van der Waals surface area contributed by atoms with Gasteiger partial charge >= 0.3 is 0 Å². The molecule has 2 rings (SSSR count). The first-order chi connectivity index (χ1) is 9.25. The monoisotopic (exact) mass is 261 g/mol. The summed E-state index contributed by atoms with van der Waals surface area (Å²) in [6, 6.07) is 7.39. The molecule has 1 aliphatic rings. The Labute approximate surface area is 115 Å². The Bertz CT molecular complexity index is 394. The lowest BCUT2D eigenvalue weighted by Gasteiger charge is -2.14. The molecule has 19 heavy (non-hydrogen) atoms. The van der Waals surface area contributed by atoms with E-state index in [4.69, 9.17) is 4.74 Å². The first kappa shape index (κ1) is 14.1. The average molecular weight is 261 g/mol. The molecule has 0 atom stereocenters. The van der Waals surface area contributed by atoms with Crippen molar-refractivity contribution in [3.05, 3.63) is 29.8 Å². The zero-order chi connectivity index (χ0) is 13.5. The Morgan fingerprint density at radius 1 is 1.16 bits per heavy atom. The summed E-state index contributed by atoms with van der Waals surface area (Å²) in [7, 11) is 0. The number of unbranched alkanes of at least 4 members (excludes halogenated alkanes) is 1. The van der Waals surface area contributed by atoms with Crippen molar-refractivity contribution in [3.8, 4) is 5.75 Å². The van der Waals surface area contributed by atoms with Gasteiger partial charge in [0.2, 0.25) is 0 Å². The Kier molecular flexibility index (Phi) is 5.40. The topological polar surface area (TPSA) is 29.5 Å². The van der Waals surface area contributed by atoms with Gasteiger partial charge in [0, 0.05) is 5.56 Å². The Morgan fingerprint density at radius 2 is 1.84 bits per heavy atom. The molecule has 1 aromatic carbocycles. The number of carbonyl (C=O) groups is 1. The van der Waals surface area contributed by atoms with Gasteiger partial charge in [-0.25, -0.2) is 0 Å². The highest BCUT2D eigenvalue weighted by molar-refractivity contribution is 5.94. The molecule has 0 aliphatic carbocycles. The number of ether oxygens (including phenoxy) is 1. The van der Waals surface area contributed by atoms with E-state index < -0.39 is 0 Å². The SMILES string of the molecule is CC(=O)c1ccc(OCCCCN2CCCC2)cc1. The molecule has 3 heteroatoms. The molecule has 0 aromatic heterocycles. The second kappa shape index (κ2) is 7.29. The molecule has 0 unspecified atom stereocenters. The smallest absolute Gasteiger partial charge is 0.159 e. The summed E-state index contributed by atoms with van der Waals surface area (Å²) >= 11 is 0. The average Bonchev–Trinajstić information content (AvgIpc) is 2.92. The Hall–Kier alpha value is -1.35. The van der Waals surface area contributed by atoms with Gasteiger partial charge in [-0.1, -0.05) is 0 Å². The fourth-order valence-electron chi connectivity index (χ4n) is 2.42. The molecule has 0 radical (unpaired) electrons. The van der Waals surface area contributed by atoms with E-state index >= 15 is 0 Å². The maximum atomic E-state index is 11.1. The van der Waals surface area contributed by atoms with Gasteiger partial charge in [-0.05, 0) is 76.5 Å². The minimum atomic E-state index is 0.0946. The van der Waals surface area contributed by atoms with Crippen molar-refractivity contribution in [1.29, 1.82) is 0 Å². The van der Waals surface area contributed by atoms with Gasteiger partial charge in [-0.2, -0.15) is 0 Å². The maximum Gasteiger partial charge on any atom is 0.159 e. The number of benzene rings is 1. The van der Waals surface area contributed by atoms with E-state index in [9.17, 15) is 4.79 Å². The second-order valence-electron chi connectivity index (χ2n) is 5.18. The normalized spacial score (nSPS) is 15.6. The van der Waals surface area contributed by atoms with E-state index in [-0.39, 0.29) is 5.78 Å². The molecule has 1 heterocycles. The second-order valence-corrected chi connectivity index (χ2v) is 5.18. The van der Waals surface area contributed by atoms with Crippen molar-refractivity contribution >= 4 is 5.78 Å². The molecule has 104 valence electrons. The Balaban J connectivity index is 1.61. The molecule has 0 amide bonds. The fourth-order valence-corrected chi connectivity index (χ4v) is 2.42. The van der Waals surface area contributed by atoms with Crippen molar-refractivity contribution < 1.29 is 9.53 Å². The van der Waals surface area contributed by atoms with Crippen molar-refractivity contribution in [1.82, 2.24) is 4.90 Å². The number of Topliss-reactive ketones (excluding diaryl/α,β-unsaturated/α-hetero) is 1. The van der Waals surface area contributed by atoms with E-state index in [1.54, 1.807) is 6.92 Å². The van der Waals surface area contributed by atoms with Gasteiger partial charge in [0.05, 0.1) is 6.61 Å². The third-order valence-corrected chi connectivity index (χ3v) is 3.60. The number of carbonyl (C=O) groups excluding carboxylic acids is 1. The molecular weight excluding hydrogens is 238 g/mol. The zero-order valence-electron chi connectivity index (χ0n) is 11.7. The van der Waals surface area contributed by atoms with Gasteiger partial charge in [-0.3, -0.25) is 4.79 Å². The zero-order valence-corrected chi connectivity index (χ0v) is 11.7. The third kappa shape index (κ3) is 4.67. The van der Waals surface area contributed by atoms with Gasteiger partial charge in [0.15, 0.2) is 5.78 Å². The molecule has 0 spiro atoms. The molecular formula is C16H23NO2. The van der Waals surface area contributed by atoms with Crippen LogP contribution in [0.25, 0.3) is 0 Å². The highest BCUT2D eigenvalue weighted by Crippen LogP contribution is 2.13. The van der Waals surface area contributed by atoms with Crippen LogP contribution in [0.15, 0.2) is 24.3 Å². The van der Waals surface area contributed by atoms with E-state index in [0.717, 1.165) is 24.3 Å². The van der Waals surface area contributed by atoms with E-state index in [1.165, 1.54) is 38.9 Å². The number of nitrogens with zero attached hydrogens (tertiary/aromatic N) is 1. The molecule has 0 saturated carbocycles. The molecule has 0 bridgehead atoms. The van der Waals surface area contributed by atoms with Crippen molar-refractivity contribution in [2.24, 2.45) is 0 Å². The van der Waals surface area contributed by atoms with E-state index in [1.807, 2.05) is 24.3 Å². The largest absolute Gasteiger partial charge is 0.494 e. The van der Waals surface area contributed by atoms with Gasteiger partial charge in [0.25, 0.3) is 0 Å². The number of ketones is 1. The highest BCUT2D eigenvalue weighted by Gasteiger charge is 2.10. The summed E-state index contributed by atoms with van der Waals surface area (Å²) in [4.78, 5) is 13.7. The van der Waals surface area contributed by atoms with Crippen LogP contribution in [-0.4, -0.2) is 36.9 Å². The van der Waals surface area contributed by atoms with Crippen LogP contribution >= 0.6 is 0 Å². The number of rotatable bonds is 7. The van der Waals surface area contributed by atoms with Gasteiger partial charge < -0.3 is 9.64 Å². The lowest BCUT2D eigenvalue weighted by atomic mass is 10.1. The highest BCUT2D eigenvalue weighted by atomic mass is 16.5. The molecule has 3 nitrogen and oxygen atoms in total. The maximum absolute atomic E-state index is 11.1. The predicted octanol–water partition coefficient (Wildman–Crippen LogP) is 3.14. The molecule has 0 N–H and O–H groups in total. The standard InChI is InChI=1S/C16H23NO2/c1-14(18)15-6-8-16(9-7-15)19-13-5-4-12-17-10-2-3-11-17/h6-9H,2-5,10-13H2,1H3. The molecule has 1 saturated heterocycles. The van der Waals surface area contributed by atoms with Crippen molar-refractivity contribution in [3.63, 3.8) is 0 Å². The summed E-state index contributed by atoms with van der Waals surface area (Å²) in [6.45, 7) is 6.08. The van der Waals surface area contributed by atoms with E-state index in [0.29, 0.717) is 0 Å². The van der Waals surface area contributed by atoms with Gasteiger partial charge in [-0.15, -0.1) is 0 Å². The number of likely N-dealkylation sites (tertiary alicyclic amines) is 1. The van der Waals surface area contributed by atoms with Crippen LogP contribution in [0.3, 0.4) is 0 Å². The van der Waals surface area contributed by atoms with Crippen LogP contribution in [0.1, 0.15) is 43.0 Å². The van der Waals surface area contributed by atoms with Crippen LogP contribution in [0.2, 0.25) is 0 Å². The van der Waals surface area contributed by atoms with Gasteiger partial charge in [0.1, 0.15) is 5.75 Å². The fraction of sp³-hybridized carbons (Fsp3) is 0.562. The lowest BCUT2D eigenvalue weighted by molar-refractivity contribution is 0.101. The van der Waals surface area contributed by atoms with Crippen molar-refractivity contribution in [2.75, 3.05) is 26.2 Å². The summed E-state index contributed by atoms with van der Waals surface area (Å²) < 4.78 is 5.68. The summed E-state index contributed by atoms with van der Waals surface area (Å²) in [5.74, 6) is 0.948.